The molecule has 3 N–H and O–H groups in total. The van der Waals surface area contributed by atoms with Gasteiger partial charge in [-0.15, -0.1) is 0 Å². The van der Waals surface area contributed by atoms with Crippen molar-refractivity contribution in [3.63, 3.8) is 0 Å². The molecule has 0 spiro atoms. The van der Waals surface area contributed by atoms with E-state index in [9.17, 15) is 9.59 Å². The maximum absolute atomic E-state index is 12.8. The van der Waals surface area contributed by atoms with Crippen LogP contribution in [0.15, 0.2) is 109 Å². The van der Waals surface area contributed by atoms with Gasteiger partial charge in [-0.3, -0.25) is 0 Å². The largest absolute Gasteiger partial charge is 0.466 e. The molecule has 4 aromatic carbocycles. The molecule has 0 unspecified atom stereocenters. The average Bonchev–Trinajstić information content (AvgIpc) is 2.84. The molecule has 9 heteroatoms. The fourth-order valence-electron chi connectivity index (χ4n) is 3.01. The molecule has 0 saturated heterocycles. The number of carbonyl (C=O) groups excluding carboxylic acids is 2. The first kappa shape index (κ1) is 25.6. The van der Waals surface area contributed by atoms with Crippen molar-refractivity contribution in [1.29, 1.82) is 0 Å². The predicted molar refractivity (Wildman–Crippen MR) is 129 cm³/mol. The van der Waals surface area contributed by atoms with Gasteiger partial charge in [-0.05, 0) is 53.6 Å². The molecule has 0 aromatic heterocycles. The van der Waals surface area contributed by atoms with Gasteiger partial charge in [0.1, 0.15) is 11.5 Å². The van der Waals surface area contributed by atoms with E-state index in [1.54, 1.807) is 66.7 Å². The van der Waals surface area contributed by atoms with E-state index in [0.29, 0.717) is 28.2 Å². The molecule has 4 aromatic rings. The lowest BCUT2D eigenvalue weighted by Crippen LogP contribution is -2.13. The smallest absolute Gasteiger partial charge is 0.423 e. The van der Waals surface area contributed by atoms with Gasteiger partial charge in [0.2, 0.25) is 0 Å². The maximum Gasteiger partial charge on any atom is 0.466 e. The van der Waals surface area contributed by atoms with Crippen molar-refractivity contribution in [2.24, 2.45) is 0 Å². The van der Waals surface area contributed by atoms with E-state index in [1.165, 1.54) is 0 Å². The normalized spacial score (nSPS) is 10.5. The van der Waals surface area contributed by atoms with Crippen molar-refractivity contribution in [2.45, 2.75) is 0 Å². The number of hydrogen-bond acceptors (Lipinski definition) is 5. The highest BCUT2D eigenvalue weighted by Gasteiger charge is 2.19. The fraction of sp³-hybridized carbons (Fsp3) is 0. The Kier molecular flexibility index (Phi) is 8.67. The average molecular weight is 492 g/mol. The van der Waals surface area contributed by atoms with Gasteiger partial charge in [-0.1, -0.05) is 66.7 Å². The zero-order valence-electron chi connectivity index (χ0n) is 18.2. The van der Waals surface area contributed by atoms with Gasteiger partial charge in [0.25, 0.3) is 0 Å². The van der Waals surface area contributed by atoms with Crippen LogP contribution in [0.4, 0.5) is 0 Å². The number of rotatable bonds is 5. The van der Waals surface area contributed by atoms with Gasteiger partial charge < -0.3 is 24.2 Å². The quantitative estimate of drug-likeness (QED) is 0.205. The highest BCUT2D eigenvalue weighted by molar-refractivity contribution is 7.45. The van der Waals surface area contributed by atoms with E-state index in [2.05, 4.69) is 0 Å². The van der Waals surface area contributed by atoms with Crippen LogP contribution in [0.2, 0.25) is 0 Å². The monoisotopic (exact) mass is 492 g/mol. The first-order valence-electron chi connectivity index (χ1n) is 10.2. The third kappa shape index (κ3) is 8.33. The van der Waals surface area contributed by atoms with E-state index >= 15 is 0 Å². The highest BCUT2D eigenvalue weighted by Crippen LogP contribution is 2.27. The van der Waals surface area contributed by atoms with E-state index in [0.717, 1.165) is 5.56 Å². The maximum atomic E-state index is 12.8. The summed E-state index contributed by atoms with van der Waals surface area (Å²) >= 11 is 0. The van der Waals surface area contributed by atoms with Crippen molar-refractivity contribution >= 4 is 19.8 Å². The summed E-state index contributed by atoms with van der Waals surface area (Å²) in [6, 6.07) is 31.9. The van der Waals surface area contributed by atoms with Gasteiger partial charge in [-0.25, -0.2) is 14.2 Å². The molecule has 0 radical (unpaired) electrons. The number of phosphoric acid groups is 1. The molecule has 0 saturated carbocycles. The molecule has 0 aliphatic heterocycles. The molecule has 0 bridgehead atoms. The molecule has 0 amide bonds. The first-order chi connectivity index (χ1) is 16.7. The van der Waals surface area contributed by atoms with E-state index in [1.807, 2.05) is 42.5 Å². The van der Waals surface area contributed by atoms with Gasteiger partial charge in [0, 0.05) is 0 Å². The standard InChI is InChI=1S/C26H18O4.H3O4P/c27-25(29-21-12-6-2-7-13-21)20-16-17-23(24(18-20)19-10-4-1-5-11-19)26(28)30-22-14-8-3-9-15-22;1-5(2,3)4/h1-18H;(H3,1,2,3,4). The number of carbonyl (C=O) groups is 2. The Labute approximate surface area is 201 Å². The zero-order chi connectivity index (χ0) is 25.3. The van der Waals surface area contributed by atoms with Crippen molar-refractivity contribution in [2.75, 3.05) is 0 Å². The van der Waals surface area contributed by atoms with Gasteiger partial charge in [0.15, 0.2) is 0 Å². The molecule has 0 heterocycles. The summed E-state index contributed by atoms with van der Waals surface area (Å²) < 4.78 is 19.8. The lowest BCUT2D eigenvalue weighted by Gasteiger charge is -2.12. The summed E-state index contributed by atoms with van der Waals surface area (Å²) in [6.07, 6.45) is 0. The summed E-state index contributed by atoms with van der Waals surface area (Å²) in [4.78, 5) is 47.0. The number of hydrogen-bond donors (Lipinski definition) is 3. The number of benzene rings is 4. The zero-order valence-corrected chi connectivity index (χ0v) is 19.1. The summed E-state index contributed by atoms with van der Waals surface area (Å²) in [5, 5.41) is 0. The molecule has 4 rings (SSSR count). The minimum Gasteiger partial charge on any atom is -0.423 e. The number of para-hydroxylation sites is 2. The third-order valence-corrected chi connectivity index (χ3v) is 4.47. The Hall–Kier alpha value is -4.07. The van der Waals surface area contributed by atoms with E-state index in [4.69, 9.17) is 28.7 Å². The molecule has 0 atom stereocenters. The summed E-state index contributed by atoms with van der Waals surface area (Å²) in [6.45, 7) is 0. The van der Waals surface area contributed by atoms with Crippen molar-refractivity contribution < 1.29 is 38.3 Å². The van der Waals surface area contributed by atoms with Gasteiger partial charge in [0.05, 0.1) is 11.1 Å². The number of ether oxygens (including phenoxy) is 2. The second-order valence-electron chi connectivity index (χ2n) is 7.04. The van der Waals surface area contributed by atoms with Crippen LogP contribution in [-0.2, 0) is 4.57 Å². The Balaban J connectivity index is 0.000000623. The molecule has 0 aliphatic carbocycles. The molecule has 8 nitrogen and oxygen atoms in total. The van der Waals surface area contributed by atoms with E-state index in [-0.39, 0.29) is 0 Å². The van der Waals surface area contributed by atoms with Crippen LogP contribution in [0.1, 0.15) is 20.7 Å². The molecule has 35 heavy (non-hydrogen) atoms. The number of esters is 2. The van der Waals surface area contributed by atoms with E-state index < -0.39 is 19.8 Å². The summed E-state index contributed by atoms with van der Waals surface area (Å²) in [5.74, 6) is -0.0882. The molecular formula is C26H21O8P. The minimum absolute atomic E-state index is 0.342. The summed E-state index contributed by atoms with van der Waals surface area (Å²) in [7, 11) is -4.64. The van der Waals surface area contributed by atoms with Crippen LogP contribution in [-0.4, -0.2) is 26.6 Å². The third-order valence-electron chi connectivity index (χ3n) is 4.47. The molecular weight excluding hydrogens is 471 g/mol. The SMILES string of the molecule is O=C(Oc1ccccc1)c1ccc(C(=O)Oc2ccccc2)c(-c2ccccc2)c1.O=P(O)(O)O. The minimum atomic E-state index is -4.64. The predicted octanol–water partition coefficient (Wildman–Crippen LogP) is 4.86. The lowest BCUT2D eigenvalue weighted by atomic mass is 9.97. The van der Waals surface area contributed by atoms with Gasteiger partial charge in [-0.2, -0.15) is 0 Å². The van der Waals surface area contributed by atoms with Crippen LogP contribution in [0, 0.1) is 0 Å². The highest BCUT2D eigenvalue weighted by atomic mass is 31.2. The van der Waals surface area contributed by atoms with Crippen LogP contribution >= 0.6 is 7.82 Å². The Morgan fingerprint density at radius 3 is 1.51 bits per heavy atom. The molecule has 178 valence electrons. The van der Waals surface area contributed by atoms with Crippen LogP contribution in [0.5, 0.6) is 11.5 Å². The second-order valence-corrected chi connectivity index (χ2v) is 8.07. The van der Waals surface area contributed by atoms with Gasteiger partial charge >= 0.3 is 19.8 Å². The fourth-order valence-corrected chi connectivity index (χ4v) is 3.01. The van der Waals surface area contributed by atoms with Crippen molar-refractivity contribution in [1.82, 2.24) is 0 Å². The Morgan fingerprint density at radius 1 is 0.600 bits per heavy atom. The van der Waals surface area contributed by atoms with Crippen molar-refractivity contribution in [3.05, 3.63) is 120 Å². The molecule has 0 fully saturated rings. The van der Waals surface area contributed by atoms with Crippen LogP contribution in [0.25, 0.3) is 11.1 Å². The summed E-state index contributed by atoms with van der Waals surface area (Å²) in [5.41, 5.74) is 2.10. The topological polar surface area (TPSA) is 130 Å². The molecule has 0 aliphatic rings. The first-order valence-corrected chi connectivity index (χ1v) is 11.8. The van der Waals surface area contributed by atoms with Crippen LogP contribution < -0.4 is 9.47 Å². The lowest BCUT2D eigenvalue weighted by molar-refractivity contribution is 0.0721. The van der Waals surface area contributed by atoms with Crippen LogP contribution in [0.3, 0.4) is 0 Å². The Morgan fingerprint density at radius 2 is 1.03 bits per heavy atom. The van der Waals surface area contributed by atoms with Crippen molar-refractivity contribution in [3.8, 4) is 22.6 Å². The Bertz CT molecular complexity index is 1310. The second kappa shape index (κ2) is 11.9.